The van der Waals surface area contributed by atoms with E-state index in [1.54, 1.807) is 0 Å². The molecule has 1 saturated heterocycles. The van der Waals surface area contributed by atoms with Crippen LogP contribution in [-0.4, -0.2) is 82.8 Å². The van der Waals surface area contributed by atoms with Crippen LogP contribution >= 0.6 is 0 Å². The summed E-state index contributed by atoms with van der Waals surface area (Å²) in [4.78, 5) is 49.8. The lowest BCUT2D eigenvalue weighted by molar-refractivity contribution is 0.0448. The monoisotopic (exact) mass is 680 g/mol. The second-order valence-electron chi connectivity index (χ2n) is 16.0. The predicted molar refractivity (Wildman–Crippen MR) is 201 cm³/mol. The summed E-state index contributed by atoms with van der Waals surface area (Å²) >= 11 is 0. The van der Waals surface area contributed by atoms with E-state index in [0.29, 0.717) is 61.5 Å². The molecule has 3 amide bonds. The summed E-state index contributed by atoms with van der Waals surface area (Å²) in [6, 6.07) is 17.7. The van der Waals surface area contributed by atoms with Crippen molar-refractivity contribution in [3.05, 3.63) is 65.2 Å². The average molecular weight is 681 g/mol. The van der Waals surface area contributed by atoms with Gasteiger partial charge in [-0.05, 0) is 99.9 Å². The van der Waals surface area contributed by atoms with E-state index in [1.165, 1.54) is 108 Å². The molecule has 7 rings (SSSR count). The minimum Gasteiger partial charge on any atom is -0.366 e. The number of nitrogens with zero attached hydrogens (tertiary/aromatic N) is 4. The fourth-order valence-corrected chi connectivity index (χ4v) is 9.94. The molecule has 4 saturated carbocycles. The van der Waals surface area contributed by atoms with Crippen LogP contribution in [0.4, 0.5) is 5.69 Å². The number of carbonyl (C=O) groups excluding carboxylic acids is 3. The molecule has 7 nitrogen and oxygen atoms in total. The Morgan fingerprint density at radius 2 is 0.740 bits per heavy atom. The van der Waals surface area contributed by atoms with Crippen molar-refractivity contribution in [2.45, 2.75) is 153 Å². The van der Waals surface area contributed by atoms with E-state index in [2.05, 4.69) is 21.9 Å². The van der Waals surface area contributed by atoms with E-state index in [9.17, 15) is 14.4 Å². The first-order chi connectivity index (χ1) is 24.6. The number of hydrogen-bond donors (Lipinski definition) is 0. The van der Waals surface area contributed by atoms with Gasteiger partial charge in [-0.15, -0.1) is 0 Å². The lowest BCUT2D eigenvalue weighted by Gasteiger charge is -2.43. The zero-order chi connectivity index (χ0) is 34.3. The van der Waals surface area contributed by atoms with Crippen molar-refractivity contribution in [3.63, 3.8) is 0 Å². The fourth-order valence-electron chi connectivity index (χ4n) is 9.94. The van der Waals surface area contributed by atoms with Gasteiger partial charge in [-0.2, -0.15) is 0 Å². The standard InChI is InChI=1S/C43H60N4O3/c48-41(33-21-23-35(24-22-33)43(50)47(38-17-9-3-10-18-38)39-19-11-4-12-20-39)44-29-31-45(32-30-44)42(49)34-25-27-40(28-26-34)46(36-13-5-1-6-14-36)37-15-7-2-8-16-37/h21-28,36-39H,1-20,29-32H2. The summed E-state index contributed by atoms with van der Waals surface area (Å²) in [5.74, 6) is 0.162. The highest BCUT2D eigenvalue weighted by atomic mass is 16.2. The highest BCUT2D eigenvalue weighted by molar-refractivity contribution is 5.98. The maximum absolute atomic E-state index is 13.9. The molecule has 5 aliphatic rings. The van der Waals surface area contributed by atoms with Gasteiger partial charge in [0.25, 0.3) is 17.7 Å². The van der Waals surface area contributed by atoms with E-state index in [1.807, 2.05) is 46.2 Å². The zero-order valence-electron chi connectivity index (χ0n) is 30.4. The van der Waals surface area contributed by atoms with Gasteiger partial charge in [-0.3, -0.25) is 14.4 Å². The third-order valence-corrected chi connectivity index (χ3v) is 12.8. The molecule has 0 bridgehead atoms. The molecule has 0 N–H and O–H groups in total. The second kappa shape index (κ2) is 16.8. The summed E-state index contributed by atoms with van der Waals surface area (Å²) in [6.07, 6.45) is 24.9. The molecule has 1 aliphatic heterocycles. The zero-order valence-corrected chi connectivity index (χ0v) is 30.4. The van der Waals surface area contributed by atoms with Gasteiger partial charge in [0.2, 0.25) is 0 Å². The maximum atomic E-state index is 13.9. The molecule has 50 heavy (non-hydrogen) atoms. The molecule has 4 aliphatic carbocycles. The van der Waals surface area contributed by atoms with Gasteiger partial charge in [0, 0.05) is 72.7 Å². The normalized spacial score (nSPS) is 21.9. The largest absolute Gasteiger partial charge is 0.366 e. The number of hydrogen-bond acceptors (Lipinski definition) is 4. The van der Waals surface area contributed by atoms with Crippen molar-refractivity contribution >= 4 is 23.4 Å². The molecule has 0 spiro atoms. The summed E-state index contributed by atoms with van der Waals surface area (Å²) in [5, 5.41) is 0. The van der Waals surface area contributed by atoms with Gasteiger partial charge in [0.05, 0.1) is 0 Å². The van der Waals surface area contributed by atoms with Crippen molar-refractivity contribution in [1.29, 1.82) is 0 Å². The molecule has 0 aromatic heterocycles. The number of carbonyl (C=O) groups is 3. The molecule has 5 fully saturated rings. The van der Waals surface area contributed by atoms with Crippen molar-refractivity contribution in [2.24, 2.45) is 0 Å². The van der Waals surface area contributed by atoms with E-state index in [4.69, 9.17) is 0 Å². The van der Waals surface area contributed by atoms with E-state index in [0.717, 1.165) is 31.2 Å². The lowest BCUT2D eigenvalue weighted by atomic mass is 9.88. The third kappa shape index (κ3) is 8.07. The molecule has 0 unspecified atom stereocenters. The number of piperazine rings is 1. The van der Waals surface area contributed by atoms with Crippen LogP contribution in [0.15, 0.2) is 48.5 Å². The highest BCUT2D eigenvalue weighted by Gasteiger charge is 2.34. The van der Waals surface area contributed by atoms with Gasteiger partial charge >= 0.3 is 0 Å². The highest BCUT2D eigenvalue weighted by Crippen LogP contribution is 2.35. The van der Waals surface area contributed by atoms with Crippen LogP contribution in [0.3, 0.4) is 0 Å². The van der Waals surface area contributed by atoms with Crippen LogP contribution in [0.5, 0.6) is 0 Å². The van der Waals surface area contributed by atoms with E-state index in [-0.39, 0.29) is 17.7 Å². The number of anilines is 1. The minimum atomic E-state index is -0.0256. The van der Waals surface area contributed by atoms with Crippen molar-refractivity contribution < 1.29 is 14.4 Å². The summed E-state index contributed by atoms with van der Waals surface area (Å²) in [7, 11) is 0. The van der Waals surface area contributed by atoms with Crippen molar-refractivity contribution in [1.82, 2.24) is 14.7 Å². The smallest absolute Gasteiger partial charge is 0.254 e. The molecule has 2 aromatic rings. The average Bonchev–Trinajstić information content (AvgIpc) is 3.19. The van der Waals surface area contributed by atoms with Gasteiger partial charge < -0.3 is 19.6 Å². The Labute approximate surface area is 300 Å². The van der Waals surface area contributed by atoms with Gasteiger partial charge in [-0.1, -0.05) is 77.0 Å². The molecular formula is C43H60N4O3. The number of rotatable bonds is 8. The molecule has 2 aromatic carbocycles. The Morgan fingerprint density at radius 3 is 1.12 bits per heavy atom. The molecule has 1 heterocycles. The van der Waals surface area contributed by atoms with E-state index >= 15 is 0 Å². The first-order valence-electron chi connectivity index (χ1n) is 20.5. The lowest BCUT2D eigenvalue weighted by Crippen LogP contribution is -2.50. The SMILES string of the molecule is O=C(c1ccc(C(=O)N(C2CCCCC2)C2CCCCC2)cc1)N1CCN(C(=O)c2ccc(N(C3CCCCC3)C3CCCCC3)cc2)CC1. The summed E-state index contributed by atoms with van der Waals surface area (Å²) in [6.45, 7) is 2.07. The Morgan fingerprint density at radius 1 is 0.420 bits per heavy atom. The predicted octanol–water partition coefficient (Wildman–Crippen LogP) is 8.86. The van der Waals surface area contributed by atoms with Crippen molar-refractivity contribution in [2.75, 3.05) is 31.1 Å². The van der Waals surface area contributed by atoms with Gasteiger partial charge in [-0.25, -0.2) is 0 Å². The van der Waals surface area contributed by atoms with Crippen LogP contribution in [-0.2, 0) is 0 Å². The Hall–Kier alpha value is -3.35. The summed E-state index contributed by atoms with van der Waals surface area (Å²) in [5.41, 5.74) is 3.31. The van der Waals surface area contributed by atoms with Gasteiger partial charge in [0.15, 0.2) is 0 Å². The van der Waals surface area contributed by atoms with Crippen LogP contribution in [0.1, 0.15) is 159 Å². The Balaban J connectivity index is 0.948. The first kappa shape index (κ1) is 35.1. The van der Waals surface area contributed by atoms with Crippen LogP contribution in [0.2, 0.25) is 0 Å². The van der Waals surface area contributed by atoms with Crippen molar-refractivity contribution in [3.8, 4) is 0 Å². The number of benzene rings is 2. The van der Waals surface area contributed by atoms with Crippen LogP contribution in [0.25, 0.3) is 0 Å². The fraction of sp³-hybridized carbons (Fsp3) is 0.651. The molecular weight excluding hydrogens is 620 g/mol. The van der Waals surface area contributed by atoms with E-state index < -0.39 is 0 Å². The minimum absolute atomic E-state index is 0.0256. The summed E-state index contributed by atoms with van der Waals surface area (Å²) < 4.78 is 0. The Kier molecular flexibility index (Phi) is 11.8. The van der Waals surface area contributed by atoms with Crippen LogP contribution in [0, 0.1) is 0 Å². The quantitative estimate of drug-likeness (QED) is 0.280. The molecule has 270 valence electrons. The Bertz CT molecular complexity index is 1370. The molecule has 7 heteroatoms. The van der Waals surface area contributed by atoms with Gasteiger partial charge in [0.1, 0.15) is 0 Å². The first-order valence-corrected chi connectivity index (χ1v) is 20.5. The molecule has 0 atom stereocenters. The topological polar surface area (TPSA) is 64.2 Å². The third-order valence-electron chi connectivity index (χ3n) is 12.8. The maximum Gasteiger partial charge on any atom is 0.254 e. The van der Waals surface area contributed by atoms with Crippen LogP contribution < -0.4 is 4.90 Å². The second-order valence-corrected chi connectivity index (χ2v) is 16.0. The molecule has 0 radical (unpaired) electrons. The number of amides is 3.